The molecule has 1 aliphatic rings. The number of aryl methyl sites for hydroxylation is 1. The Hall–Kier alpha value is -0.880. The molecule has 0 bridgehead atoms. The van der Waals surface area contributed by atoms with Gasteiger partial charge in [-0.1, -0.05) is 0 Å². The van der Waals surface area contributed by atoms with E-state index in [4.69, 9.17) is 0 Å². The summed E-state index contributed by atoms with van der Waals surface area (Å²) in [5, 5.41) is 13.9. The van der Waals surface area contributed by atoms with E-state index in [1.807, 2.05) is 0 Å². The lowest BCUT2D eigenvalue weighted by Crippen LogP contribution is -2.12. The normalized spacial score (nSPS) is 25.8. The molecular weight excluding hydrogens is 228 g/mol. The number of rotatable bonds is 3. The van der Waals surface area contributed by atoms with Gasteiger partial charge in [-0.15, -0.1) is 0 Å². The molecule has 1 fully saturated rings. The van der Waals surface area contributed by atoms with Crippen LogP contribution in [0.5, 0.6) is 0 Å². The van der Waals surface area contributed by atoms with Crippen molar-refractivity contribution < 1.29 is 13.5 Å². The third kappa shape index (κ3) is 2.44. The molecule has 1 aliphatic heterocycles. The summed E-state index contributed by atoms with van der Waals surface area (Å²) in [4.78, 5) is 0. The van der Waals surface area contributed by atoms with E-state index in [-0.39, 0.29) is 17.4 Å². The predicted molar refractivity (Wildman–Crippen MR) is 59.5 cm³/mol. The van der Waals surface area contributed by atoms with Crippen molar-refractivity contribution >= 4 is 9.84 Å². The summed E-state index contributed by atoms with van der Waals surface area (Å²) in [5.41, 5.74) is 0.740. The molecular formula is C10H16N2O3S. The maximum absolute atomic E-state index is 11.3. The lowest BCUT2D eigenvalue weighted by Gasteiger charge is -2.14. The van der Waals surface area contributed by atoms with Crippen LogP contribution < -0.4 is 0 Å². The van der Waals surface area contributed by atoms with Crippen LogP contribution in [0.4, 0.5) is 0 Å². The Labute approximate surface area is 95.0 Å². The topological polar surface area (TPSA) is 72.2 Å². The summed E-state index contributed by atoms with van der Waals surface area (Å²) >= 11 is 0. The highest BCUT2D eigenvalue weighted by Gasteiger charge is 2.30. The van der Waals surface area contributed by atoms with Gasteiger partial charge in [0.05, 0.1) is 23.3 Å². The molecule has 1 N–H and O–H groups in total. The minimum atomic E-state index is -2.85. The molecule has 0 aromatic carbocycles. The van der Waals surface area contributed by atoms with E-state index >= 15 is 0 Å². The SMILES string of the molecule is Cn1nccc1C(O)CC1CCS(=O)(=O)C1. The molecule has 2 heterocycles. The van der Waals surface area contributed by atoms with Gasteiger partial charge in [0.15, 0.2) is 9.84 Å². The highest BCUT2D eigenvalue weighted by molar-refractivity contribution is 7.91. The van der Waals surface area contributed by atoms with Crippen LogP contribution in [0.2, 0.25) is 0 Å². The van der Waals surface area contributed by atoms with Crippen molar-refractivity contribution in [2.45, 2.75) is 18.9 Å². The van der Waals surface area contributed by atoms with Gasteiger partial charge in [0.2, 0.25) is 0 Å². The maximum atomic E-state index is 11.3. The molecule has 5 nitrogen and oxygen atoms in total. The van der Waals surface area contributed by atoms with Crippen LogP contribution in [0.3, 0.4) is 0 Å². The highest BCUT2D eigenvalue weighted by atomic mass is 32.2. The van der Waals surface area contributed by atoms with Gasteiger partial charge in [-0.25, -0.2) is 8.42 Å². The zero-order valence-electron chi connectivity index (χ0n) is 9.20. The third-order valence-electron chi connectivity index (χ3n) is 3.08. The fourth-order valence-electron chi connectivity index (χ4n) is 2.21. The van der Waals surface area contributed by atoms with Crippen molar-refractivity contribution in [3.63, 3.8) is 0 Å². The van der Waals surface area contributed by atoms with Crippen LogP contribution in [0.25, 0.3) is 0 Å². The van der Waals surface area contributed by atoms with Gasteiger partial charge >= 0.3 is 0 Å². The summed E-state index contributed by atoms with van der Waals surface area (Å²) in [5.74, 6) is 0.549. The molecule has 0 saturated carbocycles. The first-order valence-electron chi connectivity index (χ1n) is 5.34. The largest absolute Gasteiger partial charge is 0.387 e. The second kappa shape index (κ2) is 4.18. The van der Waals surface area contributed by atoms with Crippen molar-refractivity contribution in [3.8, 4) is 0 Å². The Bertz CT molecular complexity index is 466. The van der Waals surface area contributed by atoms with Crippen LogP contribution in [-0.2, 0) is 16.9 Å². The van der Waals surface area contributed by atoms with Crippen molar-refractivity contribution in [2.24, 2.45) is 13.0 Å². The molecule has 1 saturated heterocycles. The second-order valence-electron chi connectivity index (χ2n) is 4.40. The molecule has 1 aromatic rings. The number of aromatic nitrogens is 2. The van der Waals surface area contributed by atoms with Crippen molar-refractivity contribution in [3.05, 3.63) is 18.0 Å². The van der Waals surface area contributed by atoms with E-state index < -0.39 is 15.9 Å². The lowest BCUT2D eigenvalue weighted by molar-refractivity contribution is 0.140. The molecule has 1 aromatic heterocycles. The second-order valence-corrected chi connectivity index (χ2v) is 6.63. The molecule has 0 radical (unpaired) electrons. The Morgan fingerprint density at radius 3 is 2.94 bits per heavy atom. The molecule has 16 heavy (non-hydrogen) atoms. The van der Waals surface area contributed by atoms with E-state index in [0.29, 0.717) is 12.8 Å². The molecule has 6 heteroatoms. The van der Waals surface area contributed by atoms with Gasteiger partial charge in [-0.3, -0.25) is 4.68 Å². The molecule has 0 aliphatic carbocycles. The summed E-state index contributed by atoms with van der Waals surface area (Å²) < 4.78 is 24.2. The number of nitrogens with zero attached hydrogens (tertiary/aromatic N) is 2. The number of hydrogen-bond acceptors (Lipinski definition) is 4. The van der Waals surface area contributed by atoms with Crippen LogP contribution in [0.1, 0.15) is 24.6 Å². The Morgan fingerprint density at radius 2 is 2.44 bits per heavy atom. The number of aliphatic hydroxyl groups excluding tert-OH is 1. The Morgan fingerprint density at radius 1 is 1.69 bits per heavy atom. The minimum Gasteiger partial charge on any atom is -0.387 e. The zero-order valence-corrected chi connectivity index (χ0v) is 10.0. The summed E-state index contributed by atoms with van der Waals surface area (Å²) in [6.07, 6.45) is 2.17. The van der Waals surface area contributed by atoms with Gasteiger partial charge < -0.3 is 5.11 Å². The monoisotopic (exact) mass is 244 g/mol. The lowest BCUT2D eigenvalue weighted by atomic mass is 9.99. The maximum Gasteiger partial charge on any atom is 0.150 e. The Balaban J connectivity index is 1.99. The first-order chi connectivity index (χ1) is 7.48. The van der Waals surface area contributed by atoms with Crippen LogP contribution in [-0.4, -0.2) is 34.8 Å². The van der Waals surface area contributed by atoms with Crippen molar-refractivity contribution in [1.82, 2.24) is 9.78 Å². The molecule has 0 spiro atoms. The van der Waals surface area contributed by atoms with Crippen LogP contribution in [0.15, 0.2) is 12.3 Å². The van der Waals surface area contributed by atoms with Crippen molar-refractivity contribution in [1.29, 1.82) is 0 Å². The van der Waals surface area contributed by atoms with E-state index in [1.165, 1.54) is 0 Å². The fourth-order valence-corrected chi connectivity index (χ4v) is 4.09. The molecule has 90 valence electrons. The minimum absolute atomic E-state index is 0.0786. The average molecular weight is 244 g/mol. The van der Waals surface area contributed by atoms with E-state index in [1.54, 1.807) is 24.0 Å². The van der Waals surface area contributed by atoms with E-state index in [2.05, 4.69) is 5.10 Å². The van der Waals surface area contributed by atoms with E-state index in [9.17, 15) is 13.5 Å². The highest BCUT2D eigenvalue weighted by Crippen LogP contribution is 2.28. The molecule has 0 amide bonds. The number of sulfone groups is 1. The molecule has 2 rings (SSSR count). The van der Waals surface area contributed by atoms with Crippen molar-refractivity contribution in [2.75, 3.05) is 11.5 Å². The molecule has 2 atom stereocenters. The first-order valence-corrected chi connectivity index (χ1v) is 7.16. The number of hydrogen-bond donors (Lipinski definition) is 1. The summed E-state index contributed by atoms with van der Waals surface area (Å²) in [6, 6.07) is 1.76. The standard InChI is InChI=1S/C10H16N2O3S/c1-12-9(2-4-11-12)10(13)6-8-3-5-16(14,15)7-8/h2,4,8,10,13H,3,5-7H2,1H3. The Kier molecular flexibility index (Phi) is 3.03. The third-order valence-corrected chi connectivity index (χ3v) is 4.92. The molecule has 2 unspecified atom stereocenters. The zero-order chi connectivity index (χ0) is 11.8. The quantitative estimate of drug-likeness (QED) is 0.829. The van der Waals surface area contributed by atoms with Gasteiger partial charge in [0.1, 0.15) is 0 Å². The smallest absolute Gasteiger partial charge is 0.150 e. The van der Waals surface area contributed by atoms with Crippen LogP contribution in [0, 0.1) is 5.92 Å². The fraction of sp³-hybridized carbons (Fsp3) is 0.700. The number of aliphatic hydroxyl groups is 1. The average Bonchev–Trinajstić information content (AvgIpc) is 2.72. The summed E-state index contributed by atoms with van der Waals surface area (Å²) in [6.45, 7) is 0. The van der Waals surface area contributed by atoms with E-state index in [0.717, 1.165) is 5.69 Å². The van der Waals surface area contributed by atoms with Gasteiger partial charge in [0, 0.05) is 13.2 Å². The summed E-state index contributed by atoms with van der Waals surface area (Å²) in [7, 11) is -1.09. The van der Waals surface area contributed by atoms with Gasteiger partial charge in [0.25, 0.3) is 0 Å². The first kappa shape index (κ1) is 11.6. The van der Waals surface area contributed by atoms with Gasteiger partial charge in [-0.05, 0) is 24.8 Å². The predicted octanol–water partition coefficient (Wildman–Crippen LogP) is 0.278. The van der Waals surface area contributed by atoms with Crippen LogP contribution >= 0.6 is 0 Å². The van der Waals surface area contributed by atoms with Gasteiger partial charge in [-0.2, -0.15) is 5.10 Å².